The van der Waals surface area contributed by atoms with Gasteiger partial charge in [-0.15, -0.1) is 0 Å². The molecule has 2 aromatic rings. The Kier molecular flexibility index (Phi) is 3.85. The molecule has 128 valence electrons. The Balaban J connectivity index is 1.79. The molecule has 0 saturated carbocycles. The molecule has 1 aromatic carbocycles. The lowest BCUT2D eigenvalue weighted by molar-refractivity contribution is 0.0103. The van der Waals surface area contributed by atoms with Crippen LogP contribution in [0.2, 0.25) is 0 Å². The van der Waals surface area contributed by atoms with Crippen molar-refractivity contribution >= 4 is 32.7 Å². The highest BCUT2D eigenvalue weighted by Gasteiger charge is 2.44. The quantitative estimate of drug-likeness (QED) is 0.792. The van der Waals surface area contributed by atoms with Crippen LogP contribution in [0.4, 0.5) is 5.13 Å². The first-order valence-electron chi connectivity index (χ1n) is 8.13. The number of rotatable bonds is 4. The van der Waals surface area contributed by atoms with Crippen molar-refractivity contribution in [3.8, 4) is 5.75 Å². The minimum atomic E-state index is -0.390. The van der Waals surface area contributed by atoms with Gasteiger partial charge in [-0.1, -0.05) is 11.3 Å². The summed E-state index contributed by atoms with van der Waals surface area (Å²) in [6.07, 6.45) is 1.13. The van der Waals surface area contributed by atoms with E-state index in [0.717, 1.165) is 35.0 Å². The first-order valence-corrected chi connectivity index (χ1v) is 8.94. The molecule has 0 amide bonds. The van der Waals surface area contributed by atoms with Crippen molar-refractivity contribution in [3.63, 3.8) is 0 Å². The molecule has 0 N–H and O–H groups in total. The van der Waals surface area contributed by atoms with Crippen molar-refractivity contribution in [3.05, 3.63) is 17.7 Å². The molecule has 0 radical (unpaired) electrons. The second-order valence-electron chi connectivity index (χ2n) is 6.43. The normalized spacial score (nSPS) is 22.6. The summed E-state index contributed by atoms with van der Waals surface area (Å²) in [6, 6.07) is 4.51. The van der Waals surface area contributed by atoms with E-state index in [1.54, 1.807) is 6.07 Å². The highest BCUT2D eigenvalue weighted by molar-refractivity contribution is 7.22. The van der Waals surface area contributed by atoms with Crippen molar-refractivity contribution in [2.24, 2.45) is 0 Å². The number of ether oxygens (including phenoxy) is 3. The Morgan fingerprint density at radius 2 is 2.12 bits per heavy atom. The number of methoxy groups -OCH3 is 1. The number of hydrogen-bond acceptors (Lipinski definition) is 7. The molecular formula is C17H20N2O4S. The number of fused-ring (bicyclic) bond motifs is 3. The third kappa shape index (κ3) is 2.43. The predicted octanol–water partition coefficient (Wildman–Crippen LogP) is 2.85. The lowest BCUT2D eigenvalue weighted by atomic mass is 9.92. The van der Waals surface area contributed by atoms with Gasteiger partial charge in [-0.3, -0.25) is 0 Å². The van der Waals surface area contributed by atoms with Crippen LogP contribution in [0, 0.1) is 0 Å². The highest BCUT2D eigenvalue weighted by atomic mass is 32.1. The topological polar surface area (TPSA) is 60.9 Å². The Morgan fingerprint density at radius 3 is 2.75 bits per heavy atom. The largest absolute Gasteiger partial charge is 0.490 e. The van der Waals surface area contributed by atoms with Gasteiger partial charge < -0.3 is 19.1 Å². The molecule has 0 spiro atoms. The molecule has 7 heteroatoms. The van der Waals surface area contributed by atoms with Crippen LogP contribution >= 0.6 is 11.3 Å². The zero-order chi connectivity index (χ0) is 16.8. The van der Waals surface area contributed by atoms with Gasteiger partial charge in [-0.2, -0.15) is 0 Å². The minimum Gasteiger partial charge on any atom is -0.490 e. The second-order valence-corrected chi connectivity index (χ2v) is 7.41. The van der Waals surface area contributed by atoms with Crippen molar-refractivity contribution in [1.29, 1.82) is 0 Å². The summed E-state index contributed by atoms with van der Waals surface area (Å²) in [4.78, 5) is 19.4. The van der Waals surface area contributed by atoms with E-state index in [0.29, 0.717) is 23.4 Å². The minimum absolute atomic E-state index is 0.0230. The van der Waals surface area contributed by atoms with Gasteiger partial charge in [0.25, 0.3) is 0 Å². The van der Waals surface area contributed by atoms with Crippen molar-refractivity contribution in [2.45, 2.75) is 38.5 Å². The van der Waals surface area contributed by atoms with Gasteiger partial charge in [0.15, 0.2) is 5.13 Å². The SMILES string of the molecule is COC(=O)c1c(OC(C)C)ccc2nc(N3C4COCC3C4)sc12. The molecular weight excluding hydrogens is 328 g/mol. The molecule has 2 atom stereocenters. The summed E-state index contributed by atoms with van der Waals surface area (Å²) in [6.45, 7) is 5.37. The molecule has 2 aliphatic rings. The van der Waals surface area contributed by atoms with Gasteiger partial charge >= 0.3 is 5.97 Å². The maximum Gasteiger partial charge on any atom is 0.343 e. The summed E-state index contributed by atoms with van der Waals surface area (Å²) in [7, 11) is 1.39. The molecule has 2 fully saturated rings. The van der Waals surface area contributed by atoms with Crippen molar-refractivity contribution in [1.82, 2.24) is 4.98 Å². The number of hydrogen-bond donors (Lipinski definition) is 0. The smallest absolute Gasteiger partial charge is 0.343 e. The van der Waals surface area contributed by atoms with Crippen LogP contribution in [0.1, 0.15) is 30.6 Å². The molecule has 6 nitrogen and oxygen atoms in total. The number of morpholine rings is 1. The highest BCUT2D eigenvalue weighted by Crippen LogP contribution is 2.42. The number of benzene rings is 1. The molecule has 2 aliphatic heterocycles. The van der Waals surface area contributed by atoms with E-state index in [4.69, 9.17) is 19.2 Å². The van der Waals surface area contributed by atoms with E-state index < -0.39 is 5.97 Å². The van der Waals surface area contributed by atoms with Gasteiger partial charge in [0.1, 0.15) is 11.3 Å². The molecule has 2 unspecified atom stereocenters. The van der Waals surface area contributed by atoms with Crippen LogP contribution in [-0.4, -0.2) is 49.5 Å². The monoisotopic (exact) mass is 348 g/mol. The maximum atomic E-state index is 12.3. The third-order valence-corrected chi connectivity index (χ3v) is 5.53. The summed E-state index contributed by atoms with van der Waals surface area (Å²) in [5, 5.41) is 0.946. The number of anilines is 1. The Labute approximate surface area is 144 Å². The number of aromatic nitrogens is 1. The van der Waals surface area contributed by atoms with Gasteiger partial charge in [0, 0.05) is 0 Å². The van der Waals surface area contributed by atoms with E-state index in [-0.39, 0.29) is 6.10 Å². The first-order chi connectivity index (χ1) is 11.6. The fourth-order valence-electron chi connectivity index (χ4n) is 3.37. The summed E-state index contributed by atoms with van der Waals surface area (Å²) >= 11 is 1.53. The van der Waals surface area contributed by atoms with Gasteiger partial charge in [0.2, 0.25) is 0 Å². The van der Waals surface area contributed by atoms with Gasteiger partial charge in [-0.05, 0) is 32.4 Å². The number of carbonyl (C=O) groups excluding carboxylic acids is 1. The van der Waals surface area contributed by atoms with E-state index in [2.05, 4.69) is 4.90 Å². The van der Waals surface area contributed by atoms with E-state index in [1.165, 1.54) is 18.4 Å². The van der Waals surface area contributed by atoms with Crippen LogP contribution in [0.3, 0.4) is 0 Å². The number of carbonyl (C=O) groups is 1. The van der Waals surface area contributed by atoms with E-state index in [1.807, 2.05) is 19.9 Å². The fourth-order valence-corrected chi connectivity index (χ4v) is 4.60. The summed E-state index contributed by atoms with van der Waals surface area (Å²) in [5.41, 5.74) is 1.27. The van der Waals surface area contributed by atoms with Crippen molar-refractivity contribution < 1.29 is 19.0 Å². The van der Waals surface area contributed by atoms with Crippen LogP contribution in [-0.2, 0) is 9.47 Å². The Bertz CT molecular complexity index is 774. The average Bonchev–Trinajstić information content (AvgIpc) is 2.97. The second kappa shape index (κ2) is 5.89. The zero-order valence-corrected chi connectivity index (χ0v) is 14.8. The number of thiazole rings is 1. The molecule has 4 rings (SSSR count). The zero-order valence-electron chi connectivity index (χ0n) is 13.9. The first kappa shape index (κ1) is 15.7. The van der Waals surface area contributed by atoms with Gasteiger partial charge in [-0.25, -0.2) is 9.78 Å². The molecule has 3 heterocycles. The number of esters is 1. The predicted molar refractivity (Wildman–Crippen MR) is 92.2 cm³/mol. The molecule has 0 aliphatic carbocycles. The fraction of sp³-hybridized carbons (Fsp3) is 0.529. The van der Waals surface area contributed by atoms with E-state index in [9.17, 15) is 4.79 Å². The van der Waals surface area contributed by atoms with Crippen molar-refractivity contribution in [2.75, 3.05) is 25.2 Å². The molecule has 1 aromatic heterocycles. The lowest BCUT2D eigenvalue weighted by Gasteiger charge is -2.52. The molecule has 2 saturated heterocycles. The lowest BCUT2D eigenvalue weighted by Crippen LogP contribution is -2.64. The van der Waals surface area contributed by atoms with Gasteiger partial charge in [0.05, 0.1) is 48.7 Å². The standard InChI is InChI=1S/C17H20N2O4S/c1-9(2)23-13-5-4-12-15(14(13)16(20)21-3)24-17(18-12)19-10-6-11(19)8-22-7-10/h4-5,9-11H,6-8H2,1-3H3. The van der Waals surface area contributed by atoms with Crippen LogP contribution in [0.15, 0.2) is 12.1 Å². The van der Waals surface area contributed by atoms with Crippen LogP contribution < -0.4 is 9.64 Å². The Hall–Kier alpha value is -1.86. The maximum absolute atomic E-state index is 12.3. The van der Waals surface area contributed by atoms with Crippen LogP contribution in [0.25, 0.3) is 10.2 Å². The summed E-state index contributed by atoms with van der Waals surface area (Å²) in [5.74, 6) is 0.158. The average molecular weight is 348 g/mol. The molecule has 24 heavy (non-hydrogen) atoms. The Morgan fingerprint density at radius 1 is 1.38 bits per heavy atom. The van der Waals surface area contributed by atoms with E-state index >= 15 is 0 Å². The third-order valence-electron chi connectivity index (χ3n) is 4.43. The van der Waals surface area contributed by atoms with Crippen LogP contribution in [0.5, 0.6) is 5.75 Å². The number of nitrogens with zero attached hydrogens (tertiary/aromatic N) is 2. The molecule has 2 bridgehead atoms. The summed E-state index contributed by atoms with van der Waals surface area (Å²) < 4.78 is 17.1.